The minimum atomic E-state index is -0.0552. The monoisotopic (exact) mass is 293 g/mol. The normalized spacial score (nSPS) is 19.5. The Morgan fingerprint density at radius 1 is 1.45 bits per heavy atom. The van der Waals surface area contributed by atoms with Crippen molar-refractivity contribution in [3.8, 4) is 0 Å². The molecule has 2 aliphatic carbocycles. The molecule has 2 fully saturated rings. The van der Waals surface area contributed by atoms with Gasteiger partial charge >= 0.3 is 0 Å². The molecular formula is C15H20ClN3O. The van der Waals surface area contributed by atoms with Gasteiger partial charge in [-0.1, -0.05) is 11.6 Å². The van der Waals surface area contributed by atoms with Gasteiger partial charge in [-0.15, -0.1) is 0 Å². The summed E-state index contributed by atoms with van der Waals surface area (Å²) in [6.45, 7) is 3.53. The second-order valence-electron chi connectivity index (χ2n) is 5.91. The summed E-state index contributed by atoms with van der Waals surface area (Å²) in [4.78, 5) is 16.4. The minimum Gasteiger partial charge on any atom is -0.370 e. The Labute approximate surface area is 124 Å². The van der Waals surface area contributed by atoms with Crippen LogP contribution in [0.2, 0.25) is 5.15 Å². The second kappa shape index (κ2) is 5.24. The standard InChI is InChI=1S/C15H20ClN3O/c1-2-17-13-8-10(7-12(16)19-13)14(20)18-9-15(5-6-15)11-3-4-11/h7-8,11H,2-6,9H2,1H3,(H,17,19)(H,18,20). The van der Waals surface area contributed by atoms with Crippen LogP contribution in [0, 0.1) is 11.3 Å². The molecule has 3 rings (SSSR count). The number of hydrogen-bond donors (Lipinski definition) is 2. The molecule has 1 aromatic heterocycles. The molecule has 0 aromatic carbocycles. The minimum absolute atomic E-state index is 0.0552. The molecule has 108 valence electrons. The Balaban J connectivity index is 1.64. The topological polar surface area (TPSA) is 54.0 Å². The van der Waals surface area contributed by atoms with Crippen LogP contribution in [-0.2, 0) is 0 Å². The van der Waals surface area contributed by atoms with Crippen molar-refractivity contribution >= 4 is 23.3 Å². The Kier molecular flexibility index (Phi) is 3.59. The molecule has 1 aromatic rings. The number of halogens is 1. The number of nitrogens with one attached hydrogen (secondary N) is 2. The van der Waals surface area contributed by atoms with Gasteiger partial charge in [-0.05, 0) is 56.1 Å². The molecule has 1 heterocycles. The Morgan fingerprint density at radius 3 is 2.80 bits per heavy atom. The maximum atomic E-state index is 12.2. The number of rotatable bonds is 6. The number of anilines is 1. The van der Waals surface area contributed by atoms with Gasteiger partial charge in [0.25, 0.3) is 5.91 Å². The highest BCUT2D eigenvalue weighted by Crippen LogP contribution is 2.60. The average molecular weight is 294 g/mol. The maximum Gasteiger partial charge on any atom is 0.251 e. The summed E-state index contributed by atoms with van der Waals surface area (Å²) < 4.78 is 0. The molecular weight excluding hydrogens is 274 g/mol. The summed E-state index contributed by atoms with van der Waals surface area (Å²) in [6.07, 6.45) is 5.19. The van der Waals surface area contributed by atoms with Crippen molar-refractivity contribution in [2.75, 3.05) is 18.4 Å². The van der Waals surface area contributed by atoms with Crippen LogP contribution in [0.3, 0.4) is 0 Å². The van der Waals surface area contributed by atoms with E-state index in [4.69, 9.17) is 11.6 Å². The molecule has 5 heteroatoms. The predicted octanol–water partition coefficient (Wildman–Crippen LogP) is 3.09. The summed E-state index contributed by atoms with van der Waals surface area (Å²) in [7, 11) is 0. The summed E-state index contributed by atoms with van der Waals surface area (Å²) in [6, 6.07) is 3.37. The quantitative estimate of drug-likeness (QED) is 0.793. The molecule has 0 bridgehead atoms. The maximum absolute atomic E-state index is 12.2. The van der Waals surface area contributed by atoms with E-state index >= 15 is 0 Å². The lowest BCUT2D eigenvalue weighted by Gasteiger charge is -2.15. The second-order valence-corrected chi connectivity index (χ2v) is 6.30. The van der Waals surface area contributed by atoms with Gasteiger partial charge in [-0.3, -0.25) is 4.79 Å². The lowest BCUT2D eigenvalue weighted by molar-refractivity contribution is 0.0942. The molecule has 2 aliphatic rings. The van der Waals surface area contributed by atoms with Gasteiger partial charge in [0.15, 0.2) is 0 Å². The van der Waals surface area contributed by atoms with Crippen molar-refractivity contribution < 1.29 is 4.79 Å². The van der Waals surface area contributed by atoms with E-state index in [1.54, 1.807) is 12.1 Å². The fourth-order valence-electron chi connectivity index (χ4n) is 2.84. The van der Waals surface area contributed by atoms with E-state index in [-0.39, 0.29) is 5.91 Å². The Hall–Kier alpha value is -1.29. The molecule has 2 N–H and O–H groups in total. The zero-order valence-corrected chi connectivity index (χ0v) is 12.5. The first kappa shape index (κ1) is 13.7. The Bertz CT molecular complexity index is 524. The molecule has 4 nitrogen and oxygen atoms in total. The largest absolute Gasteiger partial charge is 0.370 e. The molecule has 0 atom stereocenters. The van der Waals surface area contributed by atoms with E-state index in [9.17, 15) is 4.79 Å². The van der Waals surface area contributed by atoms with Gasteiger partial charge in [-0.2, -0.15) is 0 Å². The SMILES string of the molecule is CCNc1cc(C(=O)NCC2(C3CC3)CC2)cc(Cl)n1. The van der Waals surface area contributed by atoms with Crippen LogP contribution in [0.5, 0.6) is 0 Å². The molecule has 0 unspecified atom stereocenters. The molecule has 0 saturated heterocycles. The van der Waals surface area contributed by atoms with Crippen molar-refractivity contribution in [3.63, 3.8) is 0 Å². The first-order chi connectivity index (χ1) is 9.63. The highest BCUT2D eigenvalue weighted by atomic mass is 35.5. The van der Waals surface area contributed by atoms with E-state index in [2.05, 4.69) is 15.6 Å². The van der Waals surface area contributed by atoms with Crippen molar-refractivity contribution in [1.82, 2.24) is 10.3 Å². The van der Waals surface area contributed by atoms with Crippen LogP contribution in [0.4, 0.5) is 5.82 Å². The van der Waals surface area contributed by atoms with Crippen LogP contribution < -0.4 is 10.6 Å². The lowest BCUT2D eigenvalue weighted by atomic mass is 10.0. The third-order valence-corrected chi connectivity index (χ3v) is 4.54. The van der Waals surface area contributed by atoms with Gasteiger partial charge in [0.2, 0.25) is 0 Å². The number of amides is 1. The summed E-state index contributed by atoms with van der Waals surface area (Å²) in [5, 5.41) is 6.49. The molecule has 20 heavy (non-hydrogen) atoms. The van der Waals surface area contributed by atoms with E-state index in [0.717, 1.165) is 19.0 Å². The van der Waals surface area contributed by atoms with Crippen LogP contribution in [0.15, 0.2) is 12.1 Å². The zero-order chi connectivity index (χ0) is 14.2. The van der Waals surface area contributed by atoms with Crippen molar-refractivity contribution in [1.29, 1.82) is 0 Å². The van der Waals surface area contributed by atoms with Crippen LogP contribution in [0.1, 0.15) is 43.0 Å². The van der Waals surface area contributed by atoms with E-state index in [1.807, 2.05) is 6.92 Å². The van der Waals surface area contributed by atoms with E-state index in [1.165, 1.54) is 25.7 Å². The number of carbonyl (C=O) groups is 1. The number of aromatic nitrogens is 1. The van der Waals surface area contributed by atoms with Crippen molar-refractivity contribution in [2.45, 2.75) is 32.6 Å². The number of hydrogen-bond acceptors (Lipinski definition) is 3. The van der Waals surface area contributed by atoms with Crippen molar-refractivity contribution in [3.05, 3.63) is 22.8 Å². The summed E-state index contributed by atoms with van der Waals surface area (Å²) >= 11 is 5.96. The molecule has 0 aliphatic heterocycles. The van der Waals surface area contributed by atoms with Gasteiger partial charge in [-0.25, -0.2) is 4.98 Å². The fourth-order valence-corrected chi connectivity index (χ4v) is 3.05. The van der Waals surface area contributed by atoms with Crippen LogP contribution in [0.25, 0.3) is 0 Å². The first-order valence-electron chi connectivity index (χ1n) is 7.33. The van der Waals surface area contributed by atoms with E-state index in [0.29, 0.717) is 21.9 Å². The molecule has 0 spiro atoms. The fraction of sp³-hybridized carbons (Fsp3) is 0.600. The molecule has 1 amide bonds. The van der Waals surface area contributed by atoms with Gasteiger partial charge in [0, 0.05) is 18.7 Å². The third-order valence-electron chi connectivity index (χ3n) is 4.35. The molecule has 0 radical (unpaired) electrons. The lowest BCUT2D eigenvalue weighted by Crippen LogP contribution is -2.31. The predicted molar refractivity (Wildman–Crippen MR) is 80.1 cm³/mol. The Morgan fingerprint density at radius 2 is 2.20 bits per heavy atom. The van der Waals surface area contributed by atoms with Gasteiger partial charge in [0.1, 0.15) is 11.0 Å². The number of pyridine rings is 1. The zero-order valence-electron chi connectivity index (χ0n) is 11.7. The average Bonchev–Trinajstić information content (AvgIpc) is 3.27. The molecule has 2 saturated carbocycles. The summed E-state index contributed by atoms with van der Waals surface area (Å²) in [5.41, 5.74) is 0.990. The summed E-state index contributed by atoms with van der Waals surface area (Å²) in [5.74, 6) is 1.44. The van der Waals surface area contributed by atoms with Crippen molar-refractivity contribution in [2.24, 2.45) is 11.3 Å². The van der Waals surface area contributed by atoms with Crippen LogP contribution in [-0.4, -0.2) is 24.0 Å². The van der Waals surface area contributed by atoms with Gasteiger partial charge < -0.3 is 10.6 Å². The van der Waals surface area contributed by atoms with Crippen LogP contribution >= 0.6 is 11.6 Å². The highest BCUT2D eigenvalue weighted by Gasteiger charge is 2.53. The first-order valence-corrected chi connectivity index (χ1v) is 7.70. The van der Waals surface area contributed by atoms with Gasteiger partial charge in [0.05, 0.1) is 0 Å². The third kappa shape index (κ3) is 2.90. The number of nitrogens with zero attached hydrogens (tertiary/aromatic N) is 1. The highest BCUT2D eigenvalue weighted by molar-refractivity contribution is 6.29. The van der Waals surface area contributed by atoms with E-state index < -0.39 is 0 Å². The smallest absolute Gasteiger partial charge is 0.251 e. The number of carbonyl (C=O) groups excluding carboxylic acids is 1.